The summed E-state index contributed by atoms with van der Waals surface area (Å²) in [7, 11) is 3.47. The number of nitrogens with one attached hydrogen (secondary N) is 2. The second-order valence-corrected chi connectivity index (χ2v) is 6.63. The third kappa shape index (κ3) is 5.98. The van der Waals surface area contributed by atoms with Gasteiger partial charge in [0.15, 0.2) is 5.96 Å². The minimum Gasteiger partial charge on any atom is -0.495 e. The van der Waals surface area contributed by atoms with Crippen molar-refractivity contribution in [3.05, 3.63) is 59.9 Å². The molecule has 1 saturated heterocycles. The lowest BCUT2D eigenvalue weighted by molar-refractivity contribution is 0.415. The van der Waals surface area contributed by atoms with Crippen molar-refractivity contribution >= 4 is 35.6 Å². The van der Waals surface area contributed by atoms with E-state index in [1.807, 2.05) is 24.3 Å². The van der Waals surface area contributed by atoms with Crippen molar-refractivity contribution in [3.8, 4) is 5.75 Å². The maximum Gasteiger partial charge on any atom is 0.191 e. The van der Waals surface area contributed by atoms with Crippen molar-refractivity contribution in [1.82, 2.24) is 10.6 Å². The number of hydrogen-bond acceptors (Lipinski definition) is 3. The lowest BCUT2D eigenvalue weighted by Crippen LogP contribution is -2.45. The third-order valence-corrected chi connectivity index (χ3v) is 4.77. The number of methoxy groups -OCH3 is 1. The normalized spacial score (nSPS) is 16.5. The number of guanidine groups is 1. The topological polar surface area (TPSA) is 48.9 Å². The minimum atomic E-state index is -0.197. The molecule has 28 heavy (non-hydrogen) atoms. The van der Waals surface area contributed by atoms with Crippen LogP contribution in [0.15, 0.2) is 53.5 Å². The van der Waals surface area contributed by atoms with E-state index in [-0.39, 0.29) is 29.8 Å². The van der Waals surface area contributed by atoms with E-state index in [0.717, 1.165) is 48.9 Å². The van der Waals surface area contributed by atoms with Crippen molar-refractivity contribution in [2.75, 3.05) is 38.7 Å². The number of rotatable bonds is 6. The molecule has 1 aliphatic rings. The summed E-state index contributed by atoms with van der Waals surface area (Å²) in [5.41, 5.74) is 2.10. The van der Waals surface area contributed by atoms with Crippen LogP contribution in [0, 0.1) is 5.82 Å². The van der Waals surface area contributed by atoms with Crippen LogP contribution >= 0.6 is 24.0 Å². The van der Waals surface area contributed by atoms with Crippen molar-refractivity contribution in [2.45, 2.75) is 18.9 Å². The summed E-state index contributed by atoms with van der Waals surface area (Å²) in [6.45, 7) is 2.56. The fourth-order valence-electron chi connectivity index (χ4n) is 3.39. The van der Waals surface area contributed by atoms with Gasteiger partial charge in [-0.1, -0.05) is 24.3 Å². The Morgan fingerprint density at radius 3 is 2.82 bits per heavy atom. The van der Waals surface area contributed by atoms with E-state index in [4.69, 9.17) is 4.74 Å². The van der Waals surface area contributed by atoms with E-state index >= 15 is 0 Å². The highest BCUT2D eigenvalue weighted by atomic mass is 127. The quantitative estimate of drug-likeness (QED) is 0.364. The van der Waals surface area contributed by atoms with Gasteiger partial charge in [0.05, 0.1) is 12.8 Å². The zero-order valence-corrected chi connectivity index (χ0v) is 18.7. The van der Waals surface area contributed by atoms with Gasteiger partial charge in [0.25, 0.3) is 0 Å². The minimum absolute atomic E-state index is 0. The molecule has 7 heteroatoms. The van der Waals surface area contributed by atoms with Gasteiger partial charge < -0.3 is 20.3 Å². The second-order valence-electron chi connectivity index (χ2n) is 6.63. The number of ether oxygens (including phenoxy) is 1. The molecule has 1 heterocycles. The number of halogens is 2. The van der Waals surface area contributed by atoms with Crippen molar-refractivity contribution < 1.29 is 9.13 Å². The summed E-state index contributed by atoms with van der Waals surface area (Å²) in [6.07, 6.45) is 1.78. The Bertz CT molecular complexity index is 787. The van der Waals surface area contributed by atoms with Crippen molar-refractivity contribution in [1.29, 1.82) is 0 Å². The molecule has 2 N–H and O–H groups in total. The standard InChI is InChI=1S/C21H27FN4O.HI/c1-23-21(24-12-10-16-6-5-7-17(22)14-16)25-18-11-13-26(15-18)19-8-3-4-9-20(19)27-2;/h3-9,14,18H,10-13,15H2,1-2H3,(H2,23,24,25);1H. The largest absolute Gasteiger partial charge is 0.495 e. The molecule has 0 aliphatic carbocycles. The Hall–Kier alpha value is -2.03. The molecule has 152 valence electrons. The van der Waals surface area contributed by atoms with Crippen LogP contribution in [-0.2, 0) is 6.42 Å². The average molecular weight is 498 g/mol. The molecule has 3 rings (SSSR count). The predicted molar refractivity (Wildman–Crippen MR) is 124 cm³/mol. The smallest absolute Gasteiger partial charge is 0.191 e. The highest BCUT2D eigenvalue weighted by Crippen LogP contribution is 2.30. The molecule has 1 aliphatic heterocycles. The van der Waals surface area contributed by atoms with Gasteiger partial charge in [0, 0.05) is 32.7 Å². The van der Waals surface area contributed by atoms with Crippen LogP contribution in [0.3, 0.4) is 0 Å². The summed E-state index contributed by atoms with van der Waals surface area (Å²) in [6, 6.07) is 15.1. The molecule has 0 aromatic heterocycles. The van der Waals surface area contributed by atoms with Gasteiger partial charge in [0.1, 0.15) is 11.6 Å². The van der Waals surface area contributed by atoms with E-state index in [1.165, 1.54) is 6.07 Å². The zero-order valence-electron chi connectivity index (χ0n) is 16.3. The number of para-hydroxylation sites is 2. The van der Waals surface area contributed by atoms with Crippen LogP contribution < -0.4 is 20.3 Å². The lowest BCUT2D eigenvalue weighted by Gasteiger charge is -2.22. The number of nitrogens with zero attached hydrogens (tertiary/aromatic N) is 2. The average Bonchev–Trinajstić information content (AvgIpc) is 3.15. The molecule has 5 nitrogen and oxygen atoms in total. The van der Waals surface area contributed by atoms with Gasteiger partial charge >= 0.3 is 0 Å². The maximum atomic E-state index is 13.3. The number of hydrogen-bond donors (Lipinski definition) is 2. The number of anilines is 1. The van der Waals surface area contributed by atoms with Crippen LogP contribution in [0.25, 0.3) is 0 Å². The second kappa shape index (κ2) is 11.1. The number of aliphatic imine (C=N–C) groups is 1. The molecule has 0 amide bonds. The van der Waals surface area contributed by atoms with Gasteiger partial charge in [-0.05, 0) is 42.7 Å². The monoisotopic (exact) mass is 498 g/mol. The molecule has 2 aromatic carbocycles. The summed E-state index contributed by atoms with van der Waals surface area (Å²) < 4.78 is 18.7. The molecule has 0 saturated carbocycles. The number of benzene rings is 2. The predicted octanol–water partition coefficient (Wildman–Crippen LogP) is 3.44. The lowest BCUT2D eigenvalue weighted by atomic mass is 10.1. The molecule has 1 fully saturated rings. The zero-order chi connectivity index (χ0) is 19.1. The van der Waals surface area contributed by atoms with Crippen LogP contribution in [0.1, 0.15) is 12.0 Å². The van der Waals surface area contributed by atoms with E-state index in [1.54, 1.807) is 26.3 Å². The molecule has 1 unspecified atom stereocenters. The Balaban J connectivity index is 0.00000280. The van der Waals surface area contributed by atoms with Crippen LogP contribution in [0.4, 0.5) is 10.1 Å². The summed E-state index contributed by atoms with van der Waals surface area (Å²) in [5, 5.41) is 6.80. The Kier molecular flexibility index (Phi) is 8.82. The first kappa shape index (κ1) is 22.3. The van der Waals surface area contributed by atoms with Gasteiger partial charge in [0.2, 0.25) is 0 Å². The fourth-order valence-corrected chi connectivity index (χ4v) is 3.39. The van der Waals surface area contributed by atoms with E-state index in [9.17, 15) is 4.39 Å². The van der Waals surface area contributed by atoms with Gasteiger partial charge in [-0.2, -0.15) is 0 Å². The fraction of sp³-hybridized carbons (Fsp3) is 0.381. The van der Waals surface area contributed by atoms with Gasteiger partial charge in [-0.25, -0.2) is 4.39 Å². The molecule has 0 spiro atoms. The van der Waals surface area contributed by atoms with Crippen molar-refractivity contribution in [2.24, 2.45) is 4.99 Å². The Morgan fingerprint density at radius 2 is 2.07 bits per heavy atom. The highest BCUT2D eigenvalue weighted by Gasteiger charge is 2.25. The highest BCUT2D eigenvalue weighted by molar-refractivity contribution is 14.0. The maximum absolute atomic E-state index is 13.3. The first-order valence-corrected chi connectivity index (χ1v) is 9.29. The van der Waals surface area contributed by atoms with E-state index in [2.05, 4.69) is 26.6 Å². The molecule has 2 aromatic rings. The van der Waals surface area contributed by atoms with Gasteiger partial charge in [-0.3, -0.25) is 4.99 Å². The van der Waals surface area contributed by atoms with E-state index in [0.29, 0.717) is 12.6 Å². The first-order chi connectivity index (χ1) is 13.2. The summed E-state index contributed by atoms with van der Waals surface area (Å²) >= 11 is 0. The van der Waals surface area contributed by atoms with Gasteiger partial charge in [-0.15, -0.1) is 24.0 Å². The summed E-state index contributed by atoms with van der Waals surface area (Å²) in [4.78, 5) is 6.64. The van der Waals surface area contributed by atoms with E-state index < -0.39 is 0 Å². The SMILES string of the molecule is CN=C(NCCc1cccc(F)c1)NC1CCN(c2ccccc2OC)C1.I. The van der Waals surface area contributed by atoms with Crippen LogP contribution in [0.2, 0.25) is 0 Å². The Labute approximate surface area is 183 Å². The molecule has 0 radical (unpaired) electrons. The molecule has 0 bridgehead atoms. The third-order valence-electron chi connectivity index (χ3n) is 4.77. The summed E-state index contributed by atoms with van der Waals surface area (Å²) in [5.74, 6) is 1.48. The van der Waals surface area contributed by atoms with Crippen molar-refractivity contribution in [3.63, 3.8) is 0 Å². The molecular weight excluding hydrogens is 470 g/mol. The molecular formula is C21H28FIN4O. The van der Waals surface area contributed by atoms with Crippen LogP contribution in [0.5, 0.6) is 5.75 Å². The molecule has 1 atom stereocenters. The Morgan fingerprint density at radius 1 is 1.25 bits per heavy atom. The van der Waals surface area contributed by atoms with Crippen LogP contribution in [-0.4, -0.2) is 45.8 Å². The first-order valence-electron chi connectivity index (χ1n) is 9.29.